The molecule has 0 radical (unpaired) electrons. The van der Waals surface area contributed by atoms with E-state index in [9.17, 15) is 0 Å². The number of hydrogen-bond donors (Lipinski definition) is 1. The fourth-order valence-corrected chi connectivity index (χ4v) is 3.67. The molecule has 2 bridgehead atoms. The Hall–Kier alpha value is -1.09. The predicted octanol–water partition coefficient (Wildman–Crippen LogP) is 2.66. The van der Waals surface area contributed by atoms with Crippen LogP contribution in [0, 0.1) is 12.8 Å². The zero-order valence-electron chi connectivity index (χ0n) is 12.1. The lowest BCUT2D eigenvalue weighted by atomic mass is 10.0. The van der Waals surface area contributed by atoms with Crippen LogP contribution < -0.4 is 10.6 Å². The van der Waals surface area contributed by atoms with Crippen molar-refractivity contribution in [1.82, 2.24) is 4.98 Å². The summed E-state index contributed by atoms with van der Waals surface area (Å²) in [5, 5.41) is 0. The monoisotopic (exact) mass is 259 g/mol. The maximum atomic E-state index is 6.03. The minimum Gasteiger partial charge on any atom is -0.353 e. The van der Waals surface area contributed by atoms with Gasteiger partial charge in [0.05, 0.1) is 0 Å². The number of fused-ring (bicyclic) bond motifs is 2. The van der Waals surface area contributed by atoms with E-state index in [1.54, 1.807) is 0 Å². The highest BCUT2D eigenvalue weighted by Gasteiger charge is 2.38. The maximum absolute atomic E-state index is 6.03. The molecule has 3 heteroatoms. The minimum absolute atomic E-state index is 0.259. The molecule has 1 saturated heterocycles. The Morgan fingerprint density at radius 1 is 1.47 bits per heavy atom. The first-order valence-corrected chi connectivity index (χ1v) is 7.65. The molecule has 3 atom stereocenters. The van der Waals surface area contributed by atoms with Crippen LogP contribution in [0.4, 0.5) is 5.82 Å². The summed E-state index contributed by atoms with van der Waals surface area (Å²) in [6.45, 7) is 5.54. The largest absolute Gasteiger partial charge is 0.353 e. The second-order valence-electron chi connectivity index (χ2n) is 6.34. The van der Waals surface area contributed by atoms with Gasteiger partial charge in [-0.2, -0.15) is 0 Å². The highest BCUT2D eigenvalue weighted by molar-refractivity contribution is 5.50. The standard InChI is InChI=1S/C16H25N3/c1-3-14(17)7-13-6-11(2)16(18-9-13)19-10-12-4-5-15(19)8-12/h6,9,12,14-15H,3-5,7-8,10,17H2,1-2H3. The third-order valence-electron chi connectivity index (χ3n) is 4.81. The molecule has 0 amide bonds. The molecule has 2 aliphatic rings. The maximum Gasteiger partial charge on any atom is 0.131 e. The second-order valence-corrected chi connectivity index (χ2v) is 6.34. The van der Waals surface area contributed by atoms with E-state index in [4.69, 9.17) is 10.7 Å². The number of hydrogen-bond acceptors (Lipinski definition) is 3. The third kappa shape index (κ3) is 2.48. The van der Waals surface area contributed by atoms with E-state index in [0.29, 0.717) is 0 Å². The first kappa shape index (κ1) is 12.9. The van der Waals surface area contributed by atoms with Crippen molar-refractivity contribution in [3.05, 3.63) is 23.4 Å². The van der Waals surface area contributed by atoms with Crippen molar-refractivity contribution in [2.45, 2.75) is 58.0 Å². The molecule has 2 fully saturated rings. The molecule has 104 valence electrons. The normalized spacial score (nSPS) is 27.0. The van der Waals surface area contributed by atoms with Crippen molar-refractivity contribution >= 4 is 5.82 Å². The van der Waals surface area contributed by atoms with Crippen LogP contribution >= 0.6 is 0 Å². The fraction of sp³-hybridized carbons (Fsp3) is 0.688. The topological polar surface area (TPSA) is 42.1 Å². The summed E-state index contributed by atoms with van der Waals surface area (Å²) in [5.41, 5.74) is 8.62. The van der Waals surface area contributed by atoms with Crippen LogP contribution in [-0.4, -0.2) is 23.6 Å². The van der Waals surface area contributed by atoms with Gasteiger partial charge in [0.25, 0.3) is 0 Å². The van der Waals surface area contributed by atoms with Crippen molar-refractivity contribution in [3.8, 4) is 0 Å². The van der Waals surface area contributed by atoms with Gasteiger partial charge in [0.1, 0.15) is 5.82 Å². The summed E-state index contributed by atoms with van der Waals surface area (Å²) in [5.74, 6) is 2.13. The number of pyridine rings is 1. The lowest BCUT2D eigenvalue weighted by molar-refractivity contribution is 0.549. The zero-order valence-corrected chi connectivity index (χ0v) is 12.1. The van der Waals surface area contributed by atoms with Crippen molar-refractivity contribution < 1.29 is 0 Å². The van der Waals surface area contributed by atoms with Crippen molar-refractivity contribution in [3.63, 3.8) is 0 Å². The summed E-state index contributed by atoms with van der Waals surface area (Å²) in [7, 11) is 0. The number of aryl methyl sites for hydroxylation is 1. The van der Waals surface area contributed by atoms with Gasteiger partial charge >= 0.3 is 0 Å². The Labute approximate surface area is 116 Å². The first-order valence-electron chi connectivity index (χ1n) is 7.65. The van der Waals surface area contributed by atoms with Crippen LogP contribution in [0.3, 0.4) is 0 Å². The van der Waals surface area contributed by atoms with Gasteiger partial charge < -0.3 is 10.6 Å². The van der Waals surface area contributed by atoms with E-state index < -0.39 is 0 Å². The molecule has 1 saturated carbocycles. The molecule has 1 aliphatic heterocycles. The molecular formula is C16H25N3. The molecule has 2 N–H and O–H groups in total. The Balaban J connectivity index is 1.76. The number of nitrogens with two attached hydrogens (primary N) is 1. The number of piperidine rings is 1. The van der Waals surface area contributed by atoms with Crippen LogP contribution in [-0.2, 0) is 6.42 Å². The molecule has 2 heterocycles. The summed E-state index contributed by atoms with van der Waals surface area (Å²) >= 11 is 0. The van der Waals surface area contributed by atoms with Gasteiger partial charge in [-0.3, -0.25) is 0 Å². The Morgan fingerprint density at radius 3 is 2.89 bits per heavy atom. The summed E-state index contributed by atoms with van der Waals surface area (Å²) in [6, 6.07) is 3.29. The van der Waals surface area contributed by atoms with Crippen molar-refractivity contribution in [1.29, 1.82) is 0 Å². The summed E-state index contributed by atoms with van der Waals surface area (Å²) in [6.07, 6.45) is 8.15. The van der Waals surface area contributed by atoms with Crippen LogP contribution in [0.15, 0.2) is 12.3 Å². The Kier molecular flexibility index (Phi) is 3.48. The quantitative estimate of drug-likeness (QED) is 0.904. The second kappa shape index (κ2) is 5.12. The average molecular weight is 259 g/mol. The minimum atomic E-state index is 0.259. The molecule has 1 aromatic rings. The predicted molar refractivity (Wildman–Crippen MR) is 79.4 cm³/mol. The molecule has 19 heavy (non-hydrogen) atoms. The fourth-order valence-electron chi connectivity index (χ4n) is 3.67. The highest BCUT2D eigenvalue weighted by atomic mass is 15.2. The van der Waals surface area contributed by atoms with E-state index in [-0.39, 0.29) is 6.04 Å². The van der Waals surface area contributed by atoms with Gasteiger partial charge in [-0.05, 0) is 56.1 Å². The molecule has 1 aliphatic carbocycles. The lowest BCUT2D eigenvalue weighted by Gasteiger charge is -2.29. The van der Waals surface area contributed by atoms with Gasteiger partial charge in [-0.1, -0.05) is 13.0 Å². The van der Waals surface area contributed by atoms with E-state index in [1.165, 1.54) is 42.8 Å². The number of rotatable bonds is 4. The average Bonchev–Trinajstić information content (AvgIpc) is 3.01. The van der Waals surface area contributed by atoms with Crippen molar-refractivity contribution in [2.75, 3.05) is 11.4 Å². The van der Waals surface area contributed by atoms with E-state index in [0.717, 1.165) is 24.8 Å². The third-order valence-corrected chi connectivity index (χ3v) is 4.81. The van der Waals surface area contributed by atoms with E-state index in [2.05, 4.69) is 24.8 Å². The smallest absolute Gasteiger partial charge is 0.131 e. The number of aromatic nitrogens is 1. The zero-order chi connectivity index (χ0) is 13.4. The van der Waals surface area contributed by atoms with Gasteiger partial charge in [0.15, 0.2) is 0 Å². The molecule has 3 unspecified atom stereocenters. The SMILES string of the molecule is CCC(N)Cc1cnc(N2CC3CCC2C3)c(C)c1. The number of anilines is 1. The lowest BCUT2D eigenvalue weighted by Crippen LogP contribution is -2.33. The summed E-state index contributed by atoms with van der Waals surface area (Å²) < 4.78 is 0. The summed E-state index contributed by atoms with van der Waals surface area (Å²) in [4.78, 5) is 7.27. The van der Waals surface area contributed by atoms with Gasteiger partial charge in [0.2, 0.25) is 0 Å². The van der Waals surface area contributed by atoms with Crippen LogP contribution in [0.5, 0.6) is 0 Å². The molecule has 1 aromatic heterocycles. The van der Waals surface area contributed by atoms with E-state index >= 15 is 0 Å². The first-order chi connectivity index (χ1) is 9.17. The molecule has 0 spiro atoms. The molecule has 0 aromatic carbocycles. The molecule has 3 rings (SSSR count). The molecular weight excluding hydrogens is 234 g/mol. The van der Waals surface area contributed by atoms with Gasteiger partial charge in [-0.15, -0.1) is 0 Å². The highest BCUT2D eigenvalue weighted by Crippen LogP contribution is 2.40. The molecule has 3 nitrogen and oxygen atoms in total. The van der Waals surface area contributed by atoms with Crippen LogP contribution in [0.1, 0.15) is 43.7 Å². The van der Waals surface area contributed by atoms with Crippen LogP contribution in [0.2, 0.25) is 0 Å². The Bertz CT molecular complexity index is 457. The van der Waals surface area contributed by atoms with Crippen molar-refractivity contribution in [2.24, 2.45) is 11.7 Å². The van der Waals surface area contributed by atoms with E-state index in [1.807, 2.05) is 6.20 Å². The Morgan fingerprint density at radius 2 is 2.32 bits per heavy atom. The van der Waals surface area contributed by atoms with Gasteiger partial charge in [0, 0.05) is 24.8 Å². The van der Waals surface area contributed by atoms with Crippen LogP contribution in [0.25, 0.3) is 0 Å². The number of nitrogens with zero attached hydrogens (tertiary/aromatic N) is 2. The van der Waals surface area contributed by atoms with Gasteiger partial charge in [-0.25, -0.2) is 4.98 Å².